The molecule has 2 rings (SSSR count). The zero-order chi connectivity index (χ0) is 14.5. The molecule has 0 unspecified atom stereocenters. The zero-order valence-corrected chi connectivity index (χ0v) is 11.9. The van der Waals surface area contributed by atoms with Crippen molar-refractivity contribution in [3.8, 4) is 0 Å². The Labute approximate surface area is 122 Å². The van der Waals surface area contributed by atoms with E-state index >= 15 is 0 Å². The molecule has 2 aromatic carbocycles. The molecule has 0 saturated heterocycles. The summed E-state index contributed by atoms with van der Waals surface area (Å²) >= 11 is 5.69. The minimum atomic E-state index is -0.461. The van der Waals surface area contributed by atoms with E-state index in [1.165, 1.54) is 17.7 Å². The molecule has 4 heteroatoms. The van der Waals surface area contributed by atoms with Gasteiger partial charge >= 0.3 is 0 Å². The summed E-state index contributed by atoms with van der Waals surface area (Å²) in [5.74, 6) is -0.620. The second-order valence-corrected chi connectivity index (χ2v) is 4.89. The Balaban J connectivity index is 1.98. The van der Waals surface area contributed by atoms with E-state index in [4.69, 9.17) is 11.6 Å². The standard InChI is InChI=1S/C16H15ClFNO/c1-2-11-3-6-13(7-4-11)16(20)19-10-12-5-8-15(18)14(17)9-12/h3-9H,2,10H2,1H3,(H,19,20). The van der Waals surface area contributed by atoms with E-state index in [-0.39, 0.29) is 10.9 Å². The van der Waals surface area contributed by atoms with Gasteiger partial charge in [-0.2, -0.15) is 0 Å². The fraction of sp³-hybridized carbons (Fsp3) is 0.188. The molecule has 0 fully saturated rings. The number of halogens is 2. The van der Waals surface area contributed by atoms with Crippen molar-refractivity contribution in [3.63, 3.8) is 0 Å². The number of carbonyl (C=O) groups is 1. The first-order valence-corrected chi connectivity index (χ1v) is 6.79. The minimum absolute atomic E-state index is 0.0593. The first kappa shape index (κ1) is 14.5. The van der Waals surface area contributed by atoms with Crippen molar-refractivity contribution in [2.75, 3.05) is 0 Å². The molecule has 2 aromatic rings. The van der Waals surface area contributed by atoms with Gasteiger partial charge in [0.25, 0.3) is 5.91 Å². The Bertz CT molecular complexity index is 610. The largest absolute Gasteiger partial charge is 0.348 e. The Morgan fingerprint density at radius 2 is 1.80 bits per heavy atom. The van der Waals surface area contributed by atoms with Gasteiger partial charge in [-0.1, -0.05) is 36.7 Å². The summed E-state index contributed by atoms with van der Waals surface area (Å²) in [6, 6.07) is 11.9. The lowest BCUT2D eigenvalue weighted by atomic mass is 10.1. The summed E-state index contributed by atoms with van der Waals surface area (Å²) in [6.45, 7) is 2.38. The van der Waals surface area contributed by atoms with Gasteiger partial charge in [0.05, 0.1) is 5.02 Å². The van der Waals surface area contributed by atoms with Crippen LogP contribution in [0.5, 0.6) is 0 Å². The topological polar surface area (TPSA) is 29.1 Å². The second-order valence-electron chi connectivity index (χ2n) is 4.48. The van der Waals surface area contributed by atoms with Gasteiger partial charge in [0.2, 0.25) is 0 Å². The summed E-state index contributed by atoms with van der Waals surface area (Å²) in [5.41, 5.74) is 2.55. The van der Waals surface area contributed by atoms with E-state index in [2.05, 4.69) is 12.2 Å². The van der Waals surface area contributed by atoms with Crippen molar-refractivity contribution in [2.24, 2.45) is 0 Å². The van der Waals surface area contributed by atoms with E-state index in [0.717, 1.165) is 12.0 Å². The van der Waals surface area contributed by atoms with Crippen molar-refractivity contribution in [1.82, 2.24) is 5.32 Å². The third-order valence-corrected chi connectivity index (χ3v) is 3.35. The number of rotatable bonds is 4. The second kappa shape index (κ2) is 6.53. The van der Waals surface area contributed by atoms with Crippen LogP contribution in [-0.2, 0) is 13.0 Å². The molecule has 0 aliphatic carbocycles. The van der Waals surface area contributed by atoms with Gasteiger partial charge in [-0.15, -0.1) is 0 Å². The Hall–Kier alpha value is -1.87. The average Bonchev–Trinajstić information content (AvgIpc) is 2.48. The van der Waals surface area contributed by atoms with E-state index in [0.29, 0.717) is 12.1 Å². The smallest absolute Gasteiger partial charge is 0.251 e. The maximum atomic E-state index is 13.0. The molecule has 0 saturated carbocycles. The van der Waals surface area contributed by atoms with Gasteiger partial charge in [0.15, 0.2) is 0 Å². The first-order chi connectivity index (χ1) is 9.60. The molecular weight excluding hydrogens is 277 g/mol. The maximum Gasteiger partial charge on any atom is 0.251 e. The van der Waals surface area contributed by atoms with Gasteiger partial charge in [-0.3, -0.25) is 4.79 Å². The lowest BCUT2D eigenvalue weighted by molar-refractivity contribution is 0.0951. The molecule has 2 nitrogen and oxygen atoms in total. The highest BCUT2D eigenvalue weighted by Crippen LogP contribution is 2.16. The van der Waals surface area contributed by atoms with Crippen LogP contribution in [0.3, 0.4) is 0 Å². The van der Waals surface area contributed by atoms with Crippen LogP contribution in [0.4, 0.5) is 4.39 Å². The summed E-state index contributed by atoms with van der Waals surface area (Å²) in [7, 11) is 0. The third-order valence-electron chi connectivity index (χ3n) is 3.06. The molecule has 0 aromatic heterocycles. The summed E-state index contributed by atoms with van der Waals surface area (Å²) in [4.78, 5) is 12.0. The lowest BCUT2D eigenvalue weighted by Crippen LogP contribution is -2.22. The van der Waals surface area contributed by atoms with E-state index in [1.807, 2.05) is 12.1 Å². The predicted molar refractivity (Wildman–Crippen MR) is 78.4 cm³/mol. The number of amides is 1. The maximum absolute atomic E-state index is 13.0. The zero-order valence-electron chi connectivity index (χ0n) is 11.1. The van der Waals surface area contributed by atoms with Crippen molar-refractivity contribution >= 4 is 17.5 Å². The monoisotopic (exact) mass is 291 g/mol. The Morgan fingerprint density at radius 3 is 2.40 bits per heavy atom. The van der Waals surface area contributed by atoms with Gasteiger partial charge < -0.3 is 5.32 Å². The molecule has 0 aliphatic heterocycles. The van der Waals surface area contributed by atoms with Crippen LogP contribution in [0.15, 0.2) is 42.5 Å². The summed E-state index contributed by atoms with van der Waals surface area (Å²) in [6.07, 6.45) is 0.940. The summed E-state index contributed by atoms with van der Waals surface area (Å²) in [5, 5.41) is 2.84. The first-order valence-electron chi connectivity index (χ1n) is 6.41. The SMILES string of the molecule is CCc1ccc(C(=O)NCc2ccc(F)c(Cl)c2)cc1. The molecule has 104 valence electrons. The van der Waals surface area contributed by atoms with Gasteiger partial charge in [0, 0.05) is 12.1 Å². The lowest BCUT2D eigenvalue weighted by Gasteiger charge is -2.07. The number of nitrogens with one attached hydrogen (secondary N) is 1. The number of carbonyl (C=O) groups excluding carboxylic acids is 1. The van der Waals surface area contributed by atoms with E-state index in [9.17, 15) is 9.18 Å². The van der Waals surface area contributed by atoms with E-state index in [1.54, 1.807) is 18.2 Å². The van der Waals surface area contributed by atoms with Crippen LogP contribution in [-0.4, -0.2) is 5.91 Å². The molecule has 1 N–H and O–H groups in total. The highest BCUT2D eigenvalue weighted by atomic mass is 35.5. The van der Waals surface area contributed by atoms with Crippen molar-refractivity contribution in [3.05, 3.63) is 70.0 Å². The molecule has 0 atom stereocenters. The quantitative estimate of drug-likeness (QED) is 0.907. The van der Waals surface area contributed by atoms with Crippen molar-refractivity contribution in [2.45, 2.75) is 19.9 Å². The molecule has 1 amide bonds. The van der Waals surface area contributed by atoms with Crippen LogP contribution in [0, 0.1) is 5.82 Å². The van der Waals surface area contributed by atoms with Gasteiger partial charge in [0.1, 0.15) is 5.82 Å². The number of hydrogen-bond donors (Lipinski definition) is 1. The highest BCUT2D eigenvalue weighted by Gasteiger charge is 2.06. The molecule has 0 aliphatic rings. The molecule has 20 heavy (non-hydrogen) atoms. The molecule has 0 radical (unpaired) electrons. The number of aryl methyl sites for hydroxylation is 1. The van der Waals surface area contributed by atoms with Crippen LogP contribution >= 0.6 is 11.6 Å². The normalized spacial score (nSPS) is 10.3. The van der Waals surface area contributed by atoms with Crippen LogP contribution in [0.25, 0.3) is 0 Å². The Kier molecular flexibility index (Phi) is 4.74. The molecule has 0 heterocycles. The molecular formula is C16H15ClFNO. The summed E-state index contributed by atoms with van der Waals surface area (Å²) < 4.78 is 13.0. The van der Waals surface area contributed by atoms with Gasteiger partial charge in [-0.25, -0.2) is 4.39 Å². The number of hydrogen-bond acceptors (Lipinski definition) is 1. The average molecular weight is 292 g/mol. The third kappa shape index (κ3) is 3.58. The fourth-order valence-corrected chi connectivity index (χ4v) is 2.03. The van der Waals surface area contributed by atoms with Crippen LogP contribution in [0.2, 0.25) is 5.02 Å². The van der Waals surface area contributed by atoms with E-state index < -0.39 is 5.82 Å². The van der Waals surface area contributed by atoms with Crippen LogP contribution < -0.4 is 5.32 Å². The van der Waals surface area contributed by atoms with Crippen LogP contribution in [0.1, 0.15) is 28.4 Å². The molecule has 0 bridgehead atoms. The molecule has 0 spiro atoms. The fourth-order valence-electron chi connectivity index (χ4n) is 1.83. The van der Waals surface area contributed by atoms with Crippen molar-refractivity contribution < 1.29 is 9.18 Å². The predicted octanol–water partition coefficient (Wildman–Crippen LogP) is 3.97. The number of benzene rings is 2. The van der Waals surface area contributed by atoms with Crippen molar-refractivity contribution in [1.29, 1.82) is 0 Å². The highest BCUT2D eigenvalue weighted by molar-refractivity contribution is 6.30. The Morgan fingerprint density at radius 1 is 1.15 bits per heavy atom. The minimum Gasteiger partial charge on any atom is -0.348 e. The van der Waals surface area contributed by atoms with Gasteiger partial charge in [-0.05, 0) is 41.8 Å².